The first-order valence-electron chi connectivity index (χ1n) is 12.8. The molecule has 40 heavy (non-hydrogen) atoms. The summed E-state index contributed by atoms with van der Waals surface area (Å²) in [6, 6.07) is 17.9. The number of aryl methyl sites for hydroxylation is 1. The maximum absolute atomic E-state index is 14.2. The van der Waals surface area contributed by atoms with E-state index >= 15 is 0 Å². The Labute approximate surface area is 228 Å². The van der Waals surface area contributed by atoms with Gasteiger partial charge in [0.05, 0.1) is 35.1 Å². The molecule has 0 bridgehead atoms. The summed E-state index contributed by atoms with van der Waals surface area (Å²) >= 11 is 0. The fourth-order valence-electron chi connectivity index (χ4n) is 5.51. The first-order valence-corrected chi connectivity index (χ1v) is 14.2. The molecular formula is C29H23N3O7S. The zero-order valence-corrected chi connectivity index (χ0v) is 22.2. The van der Waals surface area contributed by atoms with Gasteiger partial charge in [-0.25, -0.2) is 8.42 Å². The molecule has 1 saturated heterocycles. The van der Waals surface area contributed by atoms with Gasteiger partial charge < -0.3 is 13.7 Å². The third-order valence-electron chi connectivity index (χ3n) is 7.43. The number of carbonyl (C=O) groups excluding carboxylic acids is 1. The van der Waals surface area contributed by atoms with Crippen molar-refractivity contribution in [2.75, 3.05) is 31.2 Å². The number of aromatic nitrogens is 1. The second-order valence-corrected chi connectivity index (χ2v) is 11.7. The van der Waals surface area contributed by atoms with Crippen molar-refractivity contribution in [2.24, 2.45) is 0 Å². The van der Waals surface area contributed by atoms with E-state index in [1.807, 2.05) is 30.3 Å². The van der Waals surface area contributed by atoms with Crippen molar-refractivity contribution < 1.29 is 26.9 Å². The molecule has 1 fully saturated rings. The van der Waals surface area contributed by atoms with Crippen LogP contribution in [0.15, 0.2) is 85.4 Å². The number of fused-ring (bicyclic) bond motifs is 4. The molecule has 1 atom stereocenters. The maximum atomic E-state index is 14.2. The molecule has 1 amide bonds. The zero-order chi connectivity index (χ0) is 27.6. The average Bonchev–Trinajstić information content (AvgIpc) is 3.53. The lowest BCUT2D eigenvalue weighted by Gasteiger charge is -2.26. The molecule has 2 aromatic heterocycles. The Kier molecular flexibility index (Phi) is 5.63. The van der Waals surface area contributed by atoms with Crippen LogP contribution in [-0.4, -0.2) is 50.1 Å². The highest BCUT2D eigenvalue weighted by Gasteiger charge is 2.45. The number of morpholine rings is 1. The summed E-state index contributed by atoms with van der Waals surface area (Å²) in [6.07, 6.45) is 0. The van der Waals surface area contributed by atoms with Crippen LogP contribution < -0.4 is 10.3 Å². The molecule has 0 aliphatic carbocycles. The highest BCUT2D eigenvalue weighted by Crippen LogP contribution is 2.42. The number of anilines is 1. The van der Waals surface area contributed by atoms with Gasteiger partial charge >= 0.3 is 0 Å². The van der Waals surface area contributed by atoms with Crippen LogP contribution in [0.25, 0.3) is 21.7 Å². The van der Waals surface area contributed by atoms with Gasteiger partial charge in [-0.3, -0.25) is 14.5 Å². The SMILES string of the molecule is Cc1cc(N2C(=O)c3oc4ccc5ccccc5c4c(=O)c3C2c2ccc(S(=O)(=O)N3CCOCC3)cc2)no1. The highest BCUT2D eigenvalue weighted by atomic mass is 32.2. The van der Waals surface area contributed by atoms with Crippen molar-refractivity contribution in [1.82, 2.24) is 9.46 Å². The number of hydrogen-bond acceptors (Lipinski definition) is 8. The van der Waals surface area contributed by atoms with Gasteiger partial charge in [0.1, 0.15) is 11.3 Å². The summed E-state index contributed by atoms with van der Waals surface area (Å²) in [5.41, 5.74) is 0.665. The summed E-state index contributed by atoms with van der Waals surface area (Å²) in [7, 11) is -3.73. The van der Waals surface area contributed by atoms with Crippen LogP contribution in [-0.2, 0) is 14.8 Å². The van der Waals surface area contributed by atoms with Crippen molar-refractivity contribution in [2.45, 2.75) is 17.9 Å². The number of benzene rings is 3. The Balaban J connectivity index is 1.42. The Morgan fingerprint density at radius 1 is 0.950 bits per heavy atom. The van der Waals surface area contributed by atoms with Gasteiger partial charge in [-0.2, -0.15) is 4.31 Å². The van der Waals surface area contributed by atoms with Crippen molar-refractivity contribution in [3.63, 3.8) is 0 Å². The van der Waals surface area contributed by atoms with E-state index in [4.69, 9.17) is 13.7 Å². The molecule has 2 aliphatic heterocycles. The van der Waals surface area contributed by atoms with Crippen LogP contribution in [0.2, 0.25) is 0 Å². The van der Waals surface area contributed by atoms with Gasteiger partial charge in [0, 0.05) is 19.2 Å². The molecule has 0 N–H and O–H groups in total. The lowest BCUT2D eigenvalue weighted by molar-refractivity contribution is 0.0730. The maximum Gasteiger partial charge on any atom is 0.296 e. The number of amides is 1. The largest absolute Gasteiger partial charge is 0.450 e. The lowest BCUT2D eigenvalue weighted by Crippen LogP contribution is -2.40. The fourth-order valence-corrected chi connectivity index (χ4v) is 6.92. The third kappa shape index (κ3) is 3.69. The average molecular weight is 558 g/mol. The first-order chi connectivity index (χ1) is 19.3. The highest BCUT2D eigenvalue weighted by molar-refractivity contribution is 7.89. The summed E-state index contributed by atoms with van der Waals surface area (Å²) in [6.45, 7) is 2.92. The molecule has 10 nitrogen and oxygen atoms in total. The van der Waals surface area contributed by atoms with Crippen molar-refractivity contribution in [3.05, 3.63) is 99.6 Å². The Morgan fingerprint density at radius 3 is 2.42 bits per heavy atom. The van der Waals surface area contributed by atoms with Crippen LogP contribution in [0.4, 0.5) is 5.82 Å². The van der Waals surface area contributed by atoms with Crippen molar-refractivity contribution in [1.29, 1.82) is 0 Å². The Morgan fingerprint density at radius 2 is 1.70 bits per heavy atom. The number of ether oxygens (including phenoxy) is 1. The normalized spacial score (nSPS) is 18.1. The van der Waals surface area contributed by atoms with Crippen LogP contribution in [0.3, 0.4) is 0 Å². The molecule has 1 unspecified atom stereocenters. The smallest absolute Gasteiger partial charge is 0.296 e. The van der Waals surface area contributed by atoms with E-state index in [2.05, 4.69) is 5.16 Å². The number of rotatable bonds is 4. The van der Waals surface area contributed by atoms with Crippen LogP contribution in [0.1, 0.15) is 33.5 Å². The standard InChI is InChI=1S/C29H23N3O7S/c1-17-16-23(30-39-17)32-26(19-6-9-20(10-7-19)40(35,36)31-12-14-37-15-13-31)25-27(33)24-21-5-3-2-4-18(21)8-11-22(24)38-28(25)29(32)34/h2-11,16,26H,12-15H2,1H3. The molecule has 0 radical (unpaired) electrons. The second kappa shape index (κ2) is 9.12. The zero-order valence-electron chi connectivity index (χ0n) is 21.4. The molecule has 3 aromatic carbocycles. The van der Waals surface area contributed by atoms with E-state index in [1.165, 1.54) is 21.3 Å². The minimum absolute atomic E-state index is 0.0801. The van der Waals surface area contributed by atoms with Gasteiger partial charge in [-0.1, -0.05) is 47.6 Å². The van der Waals surface area contributed by atoms with E-state index in [0.29, 0.717) is 40.9 Å². The molecule has 202 valence electrons. The predicted molar refractivity (Wildman–Crippen MR) is 146 cm³/mol. The molecule has 7 rings (SSSR count). The van der Waals surface area contributed by atoms with Gasteiger partial charge in [0.15, 0.2) is 11.2 Å². The van der Waals surface area contributed by atoms with Gasteiger partial charge in [-0.05, 0) is 41.5 Å². The molecule has 11 heteroatoms. The second-order valence-electron chi connectivity index (χ2n) is 9.79. The quantitative estimate of drug-likeness (QED) is 0.304. The minimum Gasteiger partial charge on any atom is -0.450 e. The topological polar surface area (TPSA) is 123 Å². The van der Waals surface area contributed by atoms with E-state index in [-0.39, 0.29) is 40.6 Å². The van der Waals surface area contributed by atoms with Crippen molar-refractivity contribution in [3.8, 4) is 0 Å². The van der Waals surface area contributed by atoms with E-state index in [0.717, 1.165) is 5.39 Å². The molecular weight excluding hydrogens is 534 g/mol. The summed E-state index contributed by atoms with van der Waals surface area (Å²) in [5.74, 6) is 0.0889. The van der Waals surface area contributed by atoms with E-state index in [9.17, 15) is 18.0 Å². The molecule has 5 aromatic rings. The number of carbonyl (C=O) groups is 1. The number of nitrogens with zero attached hydrogens (tertiary/aromatic N) is 3. The Hall–Kier alpha value is -4.32. The minimum atomic E-state index is -3.73. The van der Waals surface area contributed by atoms with Crippen molar-refractivity contribution >= 4 is 43.5 Å². The van der Waals surface area contributed by atoms with E-state index in [1.54, 1.807) is 31.2 Å². The summed E-state index contributed by atoms with van der Waals surface area (Å²) < 4.78 is 44.4. The first kappa shape index (κ1) is 24.7. The summed E-state index contributed by atoms with van der Waals surface area (Å²) in [4.78, 5) is 29.4. The van der Waals surface area contributed by atoms with Gasteiger partial charge in [-0.15, -0.1) is 0 Å². The Bertz CT molecular complexity index is 1970. The third-order valence-corrected chi connectivity index (χ3v) is 9.34. The van der Waals surface area contributed by atoms with Crippen LogP contribution >= 0.6 is 0 Å². The fraction of sp³-hybridized carbons (Fsp3) is 0.207. The molecule has 0 spiro atoms. The summed E-state index contributed by atoms with van der Waals surface area (Å²) in [5, 5.41) is 6.00. The molecule has 2 aliphatic rings. The van der Waals surface area contributed by atoms with E-state index < -0.39 is 22.0 Å². The number of sulfonamides is 1. The van der Waals surface area contributed by atoms with Crippen LogP contribution in [0.5, 0.6) is 0 Å². The predicted octanol–water partition coefficient (Wildman–Crippen LogP) is 4.01. The molecule has 4 heterocycles. The number of hydrogen-bond donors (Lipinski definition) is 0. The van der Waals surface area contributed by atoms with Crippen LogP contribution in [0, 0.1) is 6.92 Å². The monoisotopic (exact) mass is 557 g/mol. The van der Waals surface area contributed by atoms with Gasteiger partial charge in [0.2, 0.25) is 15.8 Å². The molecule has 0 saturated carbocycles. The van der Waals surface area contributed by atoms with Gasteiger partial charge in [0.25, 0.3) is 5.91 Å². The lowest BCUT2D eigenvalue weighted by atomic mass is 9.97.